The fourth-order valence-corrected chi connectivity index (χ4v) is 3.73. The van der Waals surface area contributed by atoms with Crippen LogP contribution in [-0.2, 0) is 14.3 Å². The number of carbonyl (C=O) groups is 2. The maximum atomic E-state index is 12.9. The number of amides is 1. The van der Waals surface area contributed by atoms with Gasteiger partial charge in [-0.3, -0.25) is 9.59 Å². The van der Waals surface area contributed by atoms with E-state index in [1.165, 1.54) is 4.90 Å². The summed E-state index contributed by atoms with van der Waals surface area (Å²) in [5.74, 6) is -1.03. The molecule has 0 aromatic heterocycles. The highest BCUT2D eigenvalue weighted by atomic mass is 35.5. The summed E-state index contributed by atoms with van der Waals surface area (Å²) in [4.78, 5) is 27.2. The third-order valence-electron chi connectivity index (χ3n) is 4.95. The van der Waals surface area contributed by atoms with Crippen molar-refractivity contribution in [1.82, 2.24) is 4.90 Å². The lowest BCUT2D eigenvalue weighted by Gasteiger charge is -2.25. The first-order valence-corrected chi connectivity index (χ1v) is 10.2. The van der Waals surface area contributed by atoms with E-state index in [4.69, 9.17) is 21.1 Å². The van der Waals surface area contributed by atoms with E-state index in [-0.39, 0.29) is 11.3 Å². The number of aliphatic hydroxyl groups is 1. The van der Waals surface area contributed by atoms with Crippen LogP contribution in [0.2, 0.25) is 5.02 Å². The molecule has 31 heavy (non-hydrogen) atoms. The maximum Gasteiger partial charge on any atom is 0.295 e. The Hall–Kier alpha value is -3.09. The van der Waals surface area contributed by atoms with Gasteiger partial charge in [-0.1, -0.05) is 36.4 Å². The highest BCUT2D eigenvalue weighted by Gasteiger charge is 2.45. The quantitative estimate of drug-likeness (QED) is 0.206. The van der Waals surface area contributed by atoms with E-state index in [2.05, 4.69) is 6.58 Å². The highest BCUT2D eigenvalue weighted by molar-refractivity contribution is 6.46. The monoisotopic (exact) mass is 441 g/mol. The summed E-state index contributed by atoms with van der Waals surface area (Å²) >= 11 is 6.17. The largest absolute Gasteiger partial charge is 0.507 e. The average molecular weight is 442 g/mol. The van der Waals surface area contributed by atoms with E-state index in [0.29, 0.717) is 48.1 Å². The van der Waals surface area contributed by atoms with Crippen LogP contribution in [0.3, 0.4) is 0 Å². The fraction of sp³-hybridized carbons (Fsp3) is 0.250. The molecule has 1 atom stereocenters. The van der Waals surface area contributed by atoms with Gasteiger partial charge in [0.2, 0.25) is 0 Å². The molecule has 1 N–H and O–H groups in total. The van der Waals surface area contributed by atoms with Gasteiger partial charge in [0, 0.05) is 30.8 Å². The summed E-state index contributed by atoms with van der Waals surface area (Å²) in [6.45, 7) is 4.70. The molecular weight excluding hydrogens is 418 g/mol. The summed E-state index contributed by atoms with van der Waals surface area (Å²) in [5, 5.41) is 11.5. The first-order valence-electron chi connectivity index (χ1n) is 9.85. The van der Waals surface area contributed by atoms with Crippen molar-refractivity contribution in [3.63, 3.8) is 0 Å². The second-order valence-corrected chi connectivity index (χ2v) is 7.45. The molecule has 2 aromatic rings. The molecule has 0 radical (unpaired) electrons. The van der Waals surface area contributed by atoms with Crippen molar-refractivity contribution in [2.45, 2.75) is 12.5 Å². The number of methoxy groups -OCH3 is 1. The fourth-order valence-electron chi connectivity index (χ4n) is 3.53. The van der Waals surface area contributed by atoms with Crippen LogP contribution < -0.4 is 4.74 Å². The smallest absolute Gasteiger partial charge is 0.295 e. The third-order valence-corrected chi connectivity index (χ3v) is 5.18. The van der Waals surface area contributed by atoms with Crippen LogP contribution >= 0.6 is 11.6 Å². The number of ether oxygens (including phenoxy) is 2. The van der Waals surface area contributed by atoms with Crippen LogP contribution in [0.25, 0.3) is 5.76 Å². The lowest BCUT2D eigenvalue weighted by atomic mass is 9.95. The molecule has 1 amide bonds. The van der Waals surface area contributed by atoms with Crippen molar-refractivity contribution in [2.24, 2.45) is 0 Å². The van der Waals surface area contributed by atoms with Crippen molar-refractivity contribution in [2.75, 3.05) is 26.9 Å². The van der Waals surface area contributed by atoms with E-state index in [0.717, 1.165) is 0 Å². The van der Waals surface area contributed by atoms with Gasteiger partial charge >= 0.3 is 0 Å². The number of carbonyl (C=O) groups excluding carboxylic acids is 2. The molecule has 1 heterocycles. The van der Waals surface area contributed by atoms with Gasteiger partial charge in [0.25, 0.3) is 11.7 Å². The summed E-state index contributed by atoms with van der Waals surface area (Å²) in [7, 11) is 1.57. The summed E-state index contributed by atoms with van der Waals surface area (Å²) in [5.41, 5.74) is 1.09. The van der Waals surface area contributed by atoms with Crippen molar-refractivity contribution in [3.05, 3.63) is 82.9 Å². The van der Waals surface area contributed by atoms with Crippen LogP contribution in [0.15, 0.2) is 66.8 Å². The Labute approximate surface area is 186 Å². The summed E-state index contributed by atoms with van der Waals surface area (Å²) < 4.78 is 10.5. The number of Topliss-reactive ketones (excluding diaryl/α,β-unsaturated/α-hetero) is 1. The Morgan fingerprint density at radius 1 is 1.23 bits per heavy atom. The lowest BCUT2D eigenvalue weighted by molar-refractivity contribution is -0.140. The second kappa shape index (κ2) is 10.3. The van der Waals surface area contributed by atoms with Gasteiger partial charge in [0.05, 0.1) is 11.6 Å². The van der Waals surface area contributed by atoms with Crippen molar-refractivity contribution < 1.29 is 24.2 Å². The number of nitrogens with zero attached hydrogens (tertiary/aromatic N) is 1. The predicted molar refractivity (Wildman–Crippen MR) is 119 cm³/mol. The molecule has 0 bridgehead atoms. The minimum Gasteiger partial charge on any atom is -0.507 e. The zero-order valence-electron chi connectivity index (χ0n) is 17.2. The molecule has 1 saturated heterocycles. The standard InChI is InChI=1S/C24H24ClNO5/c1-3-13-31-19-10-8-16(9-11-19)22(27)20-21(17-6-4-7-18(25)15-17)26(12-5-14-30-2)24(29)23(20)28/h3-4,6-11,15,21,27H,1,5,12-14H2,2H3/b22-20+. The first kappa shape index (κ1) is 22.6. The third kappa shape index (κ3) is 4.98. The Kier molecular flexibility index (Phi) is 7.50. The molecule has 0 spiro atoms. The number of benzene rings is 2. The number of rotatable bonds is 9. The Bertz CT molecular complexity index is 999. The minimum atomic E-state index is -0.743. The number of aliphatic hydroxyl groups excluding tert-OH is 1. The molecule has 3 rings (SSSR count). The molecule has 162 valence electrons. The SMILES string of the molecule is C=CCOc1ccc(/C(O)=C2\C(=O)C(=O)N(CCCOC)C2c2cccc(Cl)c2)cc1. The number of hydrogen-bond donors (Lipinski definition) is 1. The van der Waals surface area contributed by atoms with Crippen molar-refractivity contribution in [1.29, 1.82) is 0 Å². The van der Waals surface area contributed by atoms with Gasteiger partial charge in [-0.05, 0) is 48.4 Å². The first-order chi connectivity index (χ1) is 15.0. The number of ketones is 1. The summed E-state index contributed by atoms with van der Waals surface area (Å²) in [6.07, 6.45) is 2.18. The summed E-state index contributed by atoms with van der Waals surface area (Å²) in [6, 6.07) is 12.8. The maximum absolute atomic E-state index is 12.9. The number of likely N-dealkylation sites (tertiary alicyclic amines) is 1. The lowest BCUT2D eigenvalue weighted by Crippen LogP contribution is -2.31. The molecule has 1 aliphatic heterocycles. The molecule has 0 saturated carbocycles. The van der Waals surface area contributed by atoms with Gasteiger partial charge < -0.3 is 19.5 Å². The normalized spacial score (nSPS) is 17.7. The van der Waals surface area contributed by atoms with E-state index in [1.807, 2.05) is 0 Å². The zero-order chi connectivity index (χ0) is 22.4. The molecular formula is C24H24ClNO5. The van der Waals surface area contributed by atoms with E-state index in [1.54, 1.807) is 61.7 Å². The Morgan fingerprint density at radius 2 is 1.97 bits per heavy atom. The molecule has 1 unspecified atom stereocenters. The van der Waals surface area contributed by atoms with Crippen LogP contribution in [0, 0.1) is 0 Å². The van der Waals surface area contributed by atoms with E-state index in [9.17, 15) is 14.7 Å². The number of halogens is 1. The molecule has 6 nitrogen and oxygen atoms in total. The Morgan fingerprint density at radius 3 is 2.61 bits per heavy atom. The van der Waals surface area contributed by atoms with Gasteiger partial charge in [-0.25, -0.2) is 0 Å². The van der Waals surface area contributed by atoms with Gasteiger partial charge in [0.15, 0.2) is 0 Å². The second-order valence-electron chi connectivity index (χ2n) is 7.02. The average Bonchev–Trinajstić information content (AvgIpc) is 3.03. The zero-order valence-corrected chi connectivity index (χ0v) is 18.0. The Balaban J connectivity index is 2.04. The van der Waals surface area contributed by atoms with E-state index >= 15 is 0 Å². The number of hydrogen-bond acceptors (Lipinski definition) is 5. The van der Waals surface area contributed by atoms with Crippen LogP contribution in [0.4, 0.5) is 0 Å². The van der Waals surface area contributed by atoms with Crippen LogP contribution in [0.1, 0.15) is 23.6 Å². The minimum absolute atomic E-state index is 0.0319. The molecule has 0 aliphatic carbocycles. The molecule has 7 heteroatoms. The van der Waals surface area contributed by atoms with Crippen LogP contribution in [0.5, 0.6) is 5.75 Å². The molecule has 2 aromatic carbocycles. The van der Waals surface area contributed by atoms with Crippen molar-refractivity contribution >= 4 is 29.1 Å². The topological polar surface area (TPSA) is 76.1 Å². The van der Waals surface area contributed by atoms with Crippen molar-refractivity contribution in [3.8, 4) is 5.75 Å². The molecule has 1 aliphatic rings. The van der Waals surface area contributed by atoms with Crippen LogP contribution in [-0.4, -0.2) is 48.6 Å². The van der Waals surface area contributed by atoms with Gasteiger partial charge in [-0.2, -0.15) is 0 Å². The predicted octanol–water partition coefficient (Wildman–Crippen LogP) is 4.36. The van der Waals surface area contributed by atoms with Gasteiger partial charge in [-0.15, -0.1) is 0 Å². The van der Waals surface area contributed by atoms with E-state index < -0.39 is 17.7 Å². The van der Waals surface area contributed by atoms with Gasteiger partial charge in [0.1, 0.15) is 18.1 Å². The molecule has 1 fully saturated rings. The highest BCUT2D eigenvalue weighted by Crippen LogP contribution is 2.40.